The molecule has 1 aliphatic rings. The number of rotatable bonds is 2. The number of aromatic nitrogens is 2. The van der Waals surface area contributed by atoms with Crippen LogP contribution in [0.5, 0.6) is 0 Å². The van der Waals surface area contributed by atoms with Crippen LogP contribution in [0.1, 0.15) is 26.5 Å². The minimum Gasteiger partial charge on any atom is -0.373 e. The molecule has 1 fully saturated rings. The first kappa shape index (κ1) is 13.2. The fourth-order valence-corrected chi connectivity index (χ4v) is 1.96. The summed E-state index contributed by atoms with van der Waals surface area (Å²) in [7, 11) is 0. The van der Waals surface area contributed by atoms with Gasteiger partial charge in [0.15, 0.2) is 5.82 Å². The summed E-state index contributed by atoms with van der Waals surface area (Å²) >= 11 is 0. The normalized spacial score (nSPS) is 21.1. The average molecular weight is 250 g/mol. The molecule has 2 heterocycles. The standard InChI is InChI=1S/C13H22N4O/c1-13(2,3)11-4-5-12(16-15-11)17-6-7-18-10(8-14)9-17/h4-5,10H,6-9,14H2,1-3H3. The van der Waals surface area contributed by atoms with Crippen molar-refractivity contribution >= 4 is 5.82 Å². The van der Waals surface area contributed by atoms with Crippen LogP contribution in [0.4, 0.5) is 5.82 Å². The van der Waals surface area contributed by atoms with Crippen LogP contribution in [0.3, 0.4) is 0 Å². The van der Waals surface area contributed by atoms with E-state index in [-0.39, 0.29) is 11.5 Å². The molecule has 5 nitrogen and oxygen atoms in total. The molecule has 1 saturated heterocycles. The van der Waals surface area contributed by atoms with Gasteiger partial charge in [-0.3, -0.25) is 0 Å². The largest absolute Gasteiger partial charge is 0.373 e. The van der Waals surface area contributed by atoms with E-state index in [9.17, 15) is 0 Å². The molecule has 1 unspecified atom stereocenters. The third kappa shape index (κ3) is 2.97. The zero-order valence-corrected chi connectivity index (χ0v) is 11.4. The zero-order chi connectivity index (χ0) is 13.2. The van der Waals surface area contributed by atoms with Crippen molar-refractivity contribution in [2.45, 2.75) is 32.3 Å². The number of hydrogen-bond donors (Lipinski definition) is 1. The molecule has 0 aliphatic carbocycles. The Bertz CT molecular complexity index is 385. The summed E-state index contributed by atoms with van der Waals surface area (Å²) in [5, 5.41) is 8.63. The number of ether oxygens (including phenoxy) is 1. The summed E-state index contributed by atoms with van der Waals surface area (Å²) in [6.07, 6.45) is 0.0999. The lowest BCUT2D eigenvalue weighted by molar-refractivity contribution is 0.0462. The quantitative estimate of drug-likeness (QED) is 0.846. The second kappa shape index (κ2) is 5.20. The fourth-order valence-electron chi connectivity index (χ4n) is 1.96. The number of anilines is 1. The second-order valence-electron chi connectivity index (χ2n) is 5.70. The molecular weight excluding hydrogens is 228 g/mol. The highest BCUT2D eigenvalue weighted by Crippen LogP contribution is 2.21. The van der Waals surface area contributed by atoms with E-state index in [0.29, 0.717) is 13.2 Å². The van der Waals surface area contributed by atoms with E-state index in [1.54, 1.807) is 0 Å². The van der Waals surface area contributed by atoms with Crippen molar-refractivity contribution in [1.29, 1.82) is 0 Å². The lowest BCUT2D eigenvalue weighted by Crippen LogP contribution is -2.46. The average Bonchev–Trinajstić information content (AvgIpc) is 2.38. The van der Waals surface area contributed by atoms with Crippen LogP contribution < -0.4 is 10.6 Å². The maximum Gasteiger partial charge on any atom is 0.151 e. The molecule has 18 heavy (non-hydrogen) atoms. The number of nitrogens with zero attached hydrogens (tertiary/aromatic N) is 3. The van der Waals surface area contributed by atoms with Crippen LogP contribution in [0.15, 0.2) is 12.1 Å². The summed E-state index contributed by atoms with van der Waals surface area (Å²) in [6.45, 7) is 9.29. The molecule has 1 aromatic heterocycles. The van der Waals surface area contributed by atoms with E-state index in [4.69, 9.17) is 10.5 Å². The minimum atomic E-state index is 0.0380. The van der Waals surface area contributed by atoms with Gasteiger partial charge in [0.05, 0.1) is 18.4 Å². The van der Waals surface area contributed by atoms with Gasteiger partial charge in [0.1, 0.15) is 0 Å². The van der Waals surface area contributed by atoms with Crippen LogP contribution in [-0.2, 0) is 10.2 Å². The molecule has 1 aliphatic heterocycles. The minimum absolute atomic E-state index is 0.0380. The van der Waals surface area contributed by atoms with Crippen molar-refractivity contribution in [2.75, 3.05) is 31.1 Å². The van der Waals surface area contributed by atoms with E-state index in [0.717, 1.165) is 24.6 Å². The molecule has 0 aromatic carbocycles. The highest BCUT2D eigenvalue weighted by molar-refractivity contribution is 5.38. The van der Waals surface area contributed by atoms with Gasteiger partial charge < -0.3 is 15.4 Å². The van der Waals surface area contributed by atoms with Crippen molar-refractivity contribution < 1.29 is 4.74 Å². The highest BCUT2D eigenvalue weighted by Gasteiger charge is 2.21. The molecule has 2 N–H and O–H groups in total. The topological polar surface area (TPSA) is 64.3 Å². The number of nitrogens with two attached hydrogens (primary N) is 1. The van der Waals surface area contributed by atoms with Gasteiger partial charge in [-0.1, -0.05) is 20.8 Å². The first-order chi connectivity index (χ1) is 8.50. The van der Waals surface area contributed by atoms with Crippen LogP contribution in [0, 0.1) is 0 Å². The maximum absolute atomic E-state index is 5.64. The van der Waals surface area contributed by atoms with Crippen molar-refractivity contribution in [1.82, 2.24) is 10.2 Å². The lowest BCUT2D eigenvalue weighted by atomic mass is 9.92. The highest BCUT2D eigenvalue weighted by atomic mass is 16.5. The van der Waals surface area contributed by atoms with Crippen molar-refractivity contribution in [3.63, 3.8) is 0 Å². The Labute approximate surface area is 108 Å². The third-order valence-electron chi connectivity index (χ3n) is 3.14. The van der Waals surface area contributed by atoms with E-state index in [1.165, 1.54) is 0 Å². The van der Waals surface area contributed by atoms with Crippen molar-refractivity contribution in [2.24, 2.45) is 5.73 Å². The fraction of sp³-hybridized carbons (Fsp3) is 0.692. The van der Waals surface area contributed by atoms with E-state index in [1.807, 2.05) is 6.07 Å². The van der Waals surface area contributed by atoms with Crippen molar-refractivity contribution in [3.8, 4) is 0 Å². The molecular formula is C13H22N4O. The van der Waals surface area contributed by atoms with Gasteiger partial charge in [-0.2, -0.15) is 5.10 Å². The Hall–Kier alpha value is -1.20. The Morgan fingerprint density at radius 2 is 2.17 bits per heavy atom. The van der Waals surface area contributed by atoms with Gasteiger partial charge in [0, 0.05) is 25.0 Å². The summed E-state index contributed by atoms with van der Waals surface area (Å²) in [4.78, 5) is 2.18. The SMILES string of the molecule is CC(C)(C)c1ccc(N2CCOC(CN)C2)nn1. The molecule has 100 valence electrons. The Morgan fingerprint density at radius 3 is 2.72 bits per heavy atom. The summed E-state index contributed by atoms with van der Waals surface area (Å²) < 4.78 is 5.54. The third-order valence-corrected chi connectivity index (χ3v) is 3.14. The van der Waals surface area contributed by atoms with E-state index in [2.05, 4.69) is 41.9 Å². The molecule has 0 amide bonds. The molecule has 0 saturated carbocycles. The summed E-state index contributed by atoms with van der Waals surface area (Å²) in [6, 6.07) is 4.09. The van der Waals surface area contributed by atoms with Crippen molar-refractivity contribution in [3.05, 3.63) is 17.8 Å². The van der Waals surface area contributed by atoms with Crippen LogP contribution >= 0.6 is 0 Å². The molecule has 2 rings (SSSR count). The summed E-state index contributed by atoms with van der Waals surface area (Å²) in [5.74, 6) is 0.907. The Kier molecular flexibility index (Phi) is 3.82. The lowest BCUT2D eigenvalue weighted by Gasteiger charge is -2.33. The maximum atomic E-state index is 5.64. The molecule has 1 atom stereocenters. The molecule has 0 bridgehead atoms. The second-order valence-corrected chi connectivity index (χ2v) is 5.70. The molecule has 0 spiro atoms. The Morgan fingerprint density at radius 1 is 1.39 bits per heavy atom. The first-order valence-electron chi connectivity index (χ1n) is 6.41. The van der Waals surface area contributed by atoms with Gasteiger partial charge >= 0.3 is 0 Å². The molecule has 5 heteroatoms. The Balaban J connectivity index is 2.09. The molecule has 1 aromatic rings. The number of morpholine rings is 1. The van der Waals surface area contributed by atoms with E-state index >= 15 is 0 Å². The van der Waals surface area contributed by atoms with Crippen LogP contribution in [0.2, 0.25) is 0 Å². The zero-order valence-electron chi connectivity index (χ0n) is 11.4. The molecule has 0 radical (unpaired) electrons. The van der Waals surface area contributed by atoms with Crippen LogP contribution in [-0.4, -0.2) is 42.5 Å². The van der Waals surface area contributed by atoms with Gasteiger partial charge in [0.25, 0.3) is 0 Å². The van der Waals surface area contributed by atoms with Gasteiger partial charge in [-0.15, -0.1) is 5.10 Å². The van der Waals surface area contributed by atoms with Gasteiger partial charge in [-0.05, 0) is 12.1 Å². The monoisotopic (exact) mass is 250 g/mol. The number of hydrogen-bond acceptors (Lipinski definition) is 5. The van der Waals surface area contributed by atoms with Gasteiger partial charge in [-0.25, -0.2) is 0 Å². The van der Waals surface area contributed by atoms with Crippen LogP contribution in [0.25, 0.3) is 0 Å². The smallest absolute Gasteiger partial charge is 0.151 e. The predicted molar refractivity (Wildman–Crippen MR) is 71.7 cm³/mol. The predicted octanol–water partition coefficient (Wildman–Crippen LogP) is 0.938. The van der Waals surface area contributed by atoms with Gasteiger partial charge in [0.2, 0.25) is 0 Å². The summed E-state index contributed by atoms with van der Waals surface area (Å²) in [5.41, 5.74) is 6.68. The first-order valence-corrected chi connectivity index (χ1v) is 6.41. The van der Waals surface area contributed by atoms with E-state index < -0.39 is 0 Å².